The highest BCUT2D eigenvalue weighted by molar-refractivity contribution is 6.20. The van der Waals surface area contributed by atoms with Gasteiger partial charge in [-0.05, 0) is 44.4 Å². The van der Waals surface area contributed by atoms with Crippen LogP contribution in [-0.2, 0) is 15.0 Å². The lowest BCUT2D eigenvalue weighted by atomic mass is 9.87. The highest BCUT2D eigenvalue weighted by Crippen LogP contribution is 2.59. The van der Waals surface area contributed by atoms with Gasteiger partial charge in [0.05, 0.1) is 6.61 Å². The second-order valence-corrected chi connectivity index (χ2v) is 8.63. The van der Waals surface area contributed by atoms with Crippen LogP contribution in [0.1, 0.15) is 43.7 Å². The number of hydrogen-bond acceptors (Lipinski definition) is 4. The molecule has 4 aliphatic rings. The van der Waals surface area contributed by atoms with E-state index in [0.29, 0.717) is 24.0 Å². The third kappa shape index (κ3) is 2.67. The minimum absolute atomic E-state index is 0.0110. The summed E-state index contributed by atoms with van der Waals surface area (Å²) in [6.07, 6.45) is 8.60. The maximum absolute atomic E-state index is 12.7. The van der Waals surface area contributed by atoms with Crippen LogP contribution in [-0.4, -0.2) is 35.5 Å². The van der Waals surface area contributed by atoms with Crippen LogP contribution in [0.15, 0.2) is 48.1 Å². The molecular formula is C24H25NO4. The van der Waals surface area contributed by atoms with E-state index in [9.17, 15) is 9.59 Å². The van der Waals surface area contributed by atoms with E-state index >= 15 is 0 Å². The smallest absolute Gasteiger partial charge is 0.261 e. The fourth-order valence-corrected chi connectivity index (χ4v) is 4.68. The van der Waals surface area contributed by atoms with E-state index in [-0.39, 0.29) is 29.4 Å². The van der Waals surface area contributed by atoms with E-state index in [2.05, 4.69) is 13.5 Å². The summed E-state index contributed by atoms with van der Waals surface area (Å²) < 4.78 is 12.3. The molecule has 0 N–H and O–H groups in total. The molecule has 0 radical (unpaired) electrons. The zero-order valence-electron chi connectivity index (χ0n) is 16.9. The molecule has 2 saturated carbocycles. The molecule has 1 aromatic carbocycles. The Morgan fingerprint density at radius 1 is 1.21 bits per heavy atom. The maximum Gasteiger partial charge on any atom is 0.261 e. The molecule has 0 saturated heterocycles. The molecule has 0 bridgehead atoms. The number of nitrogens with zero attached hydrogens (tertiary/aromatic N) is 1. The minimum Gasteiger partial charge on any atom is -0.492 e. The van der Waals surface area contributed by atoms with Gasteiger partial charge in [-0.1, -0.05) is 24.8 Å². The third-order valence-corrected chi connectivity index (χ3v) is 6.71. The molecule has 0 atom stereocenters. The van der Waals surface area contributed by atoms with E-state index in [1.807, 2.05) is 12.1 Å². The standard InChI is InChI=1S/C24H25NO4/c1-4-5-6-18-15(3)22(26)25(23(18)27)16-11-17(12-16)29-19-8-7-14(2)21-20(19)24(9-10-24)13-28-21/h4-8,16-17H,1,9-13H2,2-3H3/b6-5-. The minimum atomic E-state index is -0.212. The quantitative estimate of drug-likeness (QED) is 0.567. The van der Waals surface area contributed by atoms with Gasteiger partial charge in [0, 0.05) is 41.0 Å². The van der Waals surface area contributed by atoms with E-state index in [4.69, 9.17) is 9.47 Å². The van der Waals surface area contributed by atoms with Crippen molar-refractivity contribution in [1.29, 1.82) is 0 Å². The molecule has 5 heteroatoms. The van der Waals surface area contributed by atoms with Gasteiger partial charge in [0.1, 0.15) is 17.6 Å². The van der Waals surface area contributed by atoms with E-state index in [1.54, 1.807) is 25.2 Å². The lowest BCUT2D eigenvalue weighted by molar-refractivity contribution is -0.144. The Balaban J connectivity index is 1.28. The molecular weight excluding hydrogens is 366 g/mol. The number of ether oxygens (including phenoxy) is 2. The van der Waals surface area contributed by atoms with Gasteiger partial charge in [0.2, 0.25) is 0 Å². The van der Waals surface area contributed by atoms with Crippen molar-refractivity contribution in [2.75, 3.05) is 6.61 Å². The predicted molar refractivity (Wildman–Crippen MR) is 109 cm³/mol. The number of carbonyl (C=O) groups excluding carboxylic acids is 2. The second-order valence-electron chi connectivity index (χ2n) is 8.63. The SMILES string of the molecule is C=C/C=C\C1=C(C)C(=O)N(C2CC(Oc3ccc(C)c4c3C3(CC3)CO4)C2)C1=O. The first-order valence-corrected chi connectivity index (χ1v) is 10.3. The highest BCUT2D eigenvalue weighted by atomic mass is 16.5. The second kappa shape index (κ2) is 6.34. The van der Waals surface area contributed by atoms with Crippen LogP contribution < -0.4 is 9.47 Å². The topological polar surface area (TPSA) is 55.8 Å². The lowest BCUT2D eigenvalue weighted by Crippen LogP contribution is -2.52. The van der Waals surface area contributed by atoms with Gasteiger partial charge < -0.3 is 9.47 Å². The van der Waals surface area contributed by atoms with Gasteiger partial charge >= 0.3 is 0 Å². The first-order chi connectivity index (χ1) is 13.9. The average molecular weight is 391 g/mol. The Labute approximate surface area is 170 Å². The number of amides is 2. The van der Waals surface area contributed by atoms with Crippen molar-refractivity contribution in [3.63, 3.8) is 0 Å². The molecule has 0 unspecified atom stereocenters. The Bertz CT molecular complexity index is 992. The number of carbonyl (C=O) groups is 2. The Hall–Kier alpha value is -2.82. The molecule has 1 spiro atoms. The van der Waals surface area contributed by atoms with Crippen molar-refractivity contribution in [3.05, 3.63) is 59.2 Å². The van der Waals surface area contributed by atoms with Crippen LogP contribution in [0.2, 0.25) is 0 Å². The van der Waals surface area contributed by atoms with E-state index in [1.165, 1.54) is 10.5 Å². The lowest BCUT2D eigenvalue weighted by Gasteiger charge is -2.40. The van der Waals surface area contributed by atoms with Gasteiger partial charge in [0.25, 0.3) is 11.8 Å². The summed E-state index contributed by atoms with van der Waals surface area (Å²) in [6, 6.07) is 3.99. The summed E-state index contributed by atoms with van der Waals surface area (Å²) in [7, 11) is 0. The average Bonchev–Trinajstić information content (AvgIpc) is 3.30. The number of hydrogen-bond donors (Lipinski definition) is 0. The van der Waals surface area contributed by atoms with Gasteiger partial charge in [-0.25, -0.2) is 0 Å². The number of allylic oxidation sites excluding steroid dienone is 2. The van der Waals surface area contributed by atoms with Gasteiger partial charge in [-0.2, -0.15) is 0 Å². The largest absolute Gasteiger partial charge is 0.492 e. The van der Waals surface area contributed by atoms with Crippen molar-refractivity contribution in [2.24, 2.45) is 0 Å². The van der Waals surface area contributed by atoms with Crippen LogP contribution in [0, 0.1) is 6.92 Å². The molecule has 2 fully saturated rings. The fraction of sp³-hybridized carbons (Fsp3) is 0.417. The van der Waals surface area contributed by atoms with Crippen molar-refractivity contribution in [2.45, 2.75) is 57.1 Å². The highest BCUT2D eigenvalue weighted by Gasteiger charge is 2.53. The van der Waals surface area contributed by atoms with Crippen LogP contribution in [0.5, 0.6) is 11.5 Å². The van der Waals surface area contributed by atoms with Crippen LogP contribution in [0.4, 0.5) is 0 Å². The first kappa shape index (κ1) is 18.2. The summed E-state index contributed by atoms with van der Waals surface area (Å²) in [6.45, 7) is 8.15. The van der Waals surface area contributed by atoms with Crippen molar-refractivity contribution >= 4 is 11.8 Å². The summed E-state index contributed by atoms with van der Waals surface area (Å²) in [4.78, 5) is 26.7. The van der Waals surface area contributed by atoms with Crippen LogP contribution >= 0.6 is 0 Å². The molecule has 5 nitrogen and oxygen atoms in total. The number of imide groups is 1. The molecule has 0 aromatic heterocycles. The molecule has 2 aliphatic heterocycles. The van der Waals surface area contributed by atoms with Crippen LogP contribution in [0.3, 0.4) is 0 Å². The molecule has 2 aliphatic carbocycles. The van der Waals surface area contributed by atoms with Gasteiger partial charge in [-0.3, -0.25) is 14.5 Å². The number of aryl methyl sites for hydroxylation is 1. The predicted octanol–water partition coefficient (Wildman–Crippen LogP) is 3.76. The number of benzene rings is 1. The van der Waals surface area contributed by atoms with E-state index in [0.717, 1.165) is 36.5 Å². The van der Waals surface area contributed by atoms with Gasteiger partial charge in [0.15, 0.2) is 0 Å². The third-order valence-electron chi connectivity index (χ3n) is 6.71. The zero-order chi connectivity index (χ0) is 20.3. The number of rotatable bonds is 5. The normalized spacial score (nSPS) is 26.8. The fourth-order valence-electron chi connectivity index (χ4n) is 4.68. The summed E-state index contributed by atoms with van der Waals surface area (Å²) in [5.74, 6) is 1.49. The molecule has 5 rings (SSSR count). The summed E-state index contributed by atoms with van der Waals surface area (Å²) in [5, 5.41) is 0. The summed E-state index contributed by atoms with van der Waals surface area (Å²) >= 11 is 0. The number of fused-ring (bicyclic) bond motifs is 2. The van der Waals surface area contributed by atoms with Crippen LogP contribution in [0.25, 0.3) is 0 Å². The Kier molecular flexibility index (Phi) is 3.99. The zero-order valence-corrected chi connectivity index (χ0v) is 16.9. The molecule has 150 valence electrons. The van der Waals surface area contributed by atoms with Crippen molar-refractivity contribution in [3.8, 4) is 11.5 Å². The molecule has 2 amide bonds. The maximum atomic E-state index is 12.7. The Morgan fingerprint density at radius 3 is 2.66 bits per heavy atom. The Morgan fingerprint density at radius 2 is 1.97 bits per heavy atom. The van der Waals surface area contributed by atoms with Crippen molar-refractivity contribution in [1.82, 2.24) is 4.90 Å². The molecule has 2 heterocycles. The van der Waals surface area contributed by atoms with E-state index < -0.39 is 0 Å². The summed E-state index contributed by atoms with van der Waals surface area (Å²) in [5.41, 5.74) is 3.49. The van der Waals surface area contributed by atoms with Crippen molar-refractivity contribution < 1.29 is 19.1 Å². The molecule has 29 heavy (non-hydrogen) atoms. The molecule has 1 aromatic rings. The monoisotopic (exact) mass is 391 g/mol. The first-order valence-electron chi connectivity index (χ1n) is 10.3. The van der Waals surface area contributed by atoms with Gasteiger partial charge in [-0.15, -0.1) is 0 Å².